The second kappa shape index (κ2) is 18.1. The van der Waals surface area contributed by atoms with E-state index in [9.17, 15) is 14.4 Å². The maximum absolute atomic E-state index is 13.8. The van der Waals surface area contributed by atoms with Crippen molar-refractivity contribution in [3.05, 3.63) is 120 Å². The minimum atomic E-state index is -2.31. The fourth-order valence-electron chi connectivity index (χ4n) is 4.47. The van der Waals surface area contributed by atoms with Crippen LogP contribution in [0.1, 0.15) is 50.8 Å². The molecule has 0 aliphatic carbocycles. The van der Waals surface area contributed by atoms with E-state index in [-0.39, 0.29) is 37.4 Å². The molecular formula is C37H48N2O7Si. The maximum Gasteiger partial charge on any atom is 0.429 e. The highest BCUT2D eigenvalue weighted by Gasteiger charge is 2.40. The van der Waals surface area contributed by atoms with Crippen molar-refractivity contribution in [1.82, 2.24) is 10.4 Å². The molecule has 0 spiro atoms. The lowest BCUT2D eigenvalue weighted by Gasteiger charge is -2.41. The summed E-state index contributed by atoms with van der Waals surface area (Å²) < 4.78 is 23.2. The molecule has 0 aliphatic rings. The predicted octanol–water partition coefficient (Wildman–Crippen LogP) is 7.98. The summed E-state index contributed by atoms with van der Waals surface area (Å²) in [5, 5.41) is 0.977. The molecule has 3 aromatic carbocycles. The number of hydrogen-bond donors (Lipinski definition) is 1. The van der Waals surface area contributed by atoms with Gasteiger partial charge >= 0.3 is 18.2 Å². The number of amides is 2. The van der Waals surface area contributed by atoms with Gasteiger partial charge in [-0.2, -0.15) is 0 Å². The molecule has 0 aromatic heterocycles. The number of nitrogens with one attached hydrogen (secondary N) is 1. The molecule has 252 valence electrons. The number of esters is 1. The number of nitrogens with zero attached hydrogens (tertiary/aromatic N) is 1. The van der Waals surface area contributed by atoms with Crippen LogP contribution in [0.15, 0.2) is 103 Å². The lowest BCUT2D eigenvalue weighted by molar-refractivity contribution is -0.137. The van der Waals surface area contributed by atoms with Crippen LogP contribution in [0.4, 0.5) is 9.59 Å². The summed E-state index contributed by atoms with van der Waals surface area (Å²) in [6.07, 6.45) is 1.50. The second-order valence-electron chi connectivity index (χ2n) is 12.7. The van der Waals surface area contributed by atoms with Gasteiger partial charge in [0.05, 0.1) is 18.8 Å². The molecule has 0 aliphatic heterocycles. The van der Waals surface area contributed by atoms with Crippen molar-refractivity contribution in [2.75, 3.05) is 6.61 Å². The molecule has 10 heteroatoms. The van der Waals surface area contributed by atoms with Gasteiger partial charge in [0.15, 0.2) is 8.32 Å². The Morgan fingerprint density at radius 3 is 1.81 bits per heavy atom. The van der Waals surface area contributed by atoms with Crippen LogP contribution in [0.2, 0.25) is 18.1 Å². The zero-order valence-corrected chi connectivity index (χ0v) is 29.3. The summed E-state index contributed by atoms with van der Waals surface area (Å²) in [4.78, 5) is 39.4. The van der Waals surface area contributed by atoms with Crippen LogP contribution in [-0.4, -0.2) is 50.2 Å². The number of benzene rings is 3. The Bertz CT molecular complexity index is 1430. The normalized spacial score (nSPS) is 13.0. The van der Waals surface area contributed by atoms with E-state index in [0.29, 0.717) is 6.42 Å². The monoisotopic (exact) mass is 660 g/mol. The number of ether oxygens (including phenoxy) is 3. The molecule has 3 rings (SSSR count). The number of hydrogen-bond acceptors (Lipinski definition) is 7. The number of carbonyl (C=O) groups is 3. The number of rotatable bonds is 14. The molecule has 9 nitrogen and oxygen atoms in total. The van der Waals surface area contributed by atoms with Crippen LogP contribution >= 0.6 is 0 Å². The molecule has 0 radical (unpaired) electrons. The fourth-order valence-corrected chi connectivity index (χ4v) is 5.84. The Labute approximate surface area is 280 Å². The molecule has 0 saturated heterocycles. The smallest absolute Gasteiger partial charge is 0.429 e. The summed E-state index contributed by atoms with van der Waals surface area (Å²) in [5.41, 5.74) is 5.20. The zero-order chi connectivity index (χ0) is 34.3. The predicted molar refractivity (Wildman–Crippen MR) is 185 cm³/mol. The maximum atomic E-state index is 13.8. The number of carbonyl (C=O) groups excluding carboxylic acids is 3. The Kier molecular flexibility index (Phi) is 14.2. The molecule has 0 fully saturated rings. The van der Waals surface area contributed by atoms with Gasteiger partial charge in [-0.05, 0) is 54.6 Å². The SMILES string of the molecule is CCOC(=O)/C=C/[C@H](C[C@@H](Cc1ccccc1)O[Si](C)(C)C(C)(C)C)N(NC(=O)OCc1ccccc1)C(=O)OCc1ccccc1. The highest BCUT2D eigenvalue weighted by molar-refractivity contribution is 6.74. The van der Waals surface area contributed by atoms with E-state index in [1.165, 1.54) is 12.2 Å². The lowest BCUT2D eigenvalue weighted by atomic mass is 10.0. The van der Waals surface area contributed by atoms with Crippen molar-refractivity contribution in [3.8, 4) is 0 Å². The Balaban J connectivity index is 1.97. The van der Waals surface area contributed by atoms with Crippen LogP contribution in [0.5, 0.6) is 0 Å². The second-order valence-corrected chi connectivity index (χ2v) is 17.4. The van der Waals surface area contributed by atoms with Gasteiger partial charge in [-0.15, -0.1) is 0 Å². The highest BCUT2D eigenvalue weighted by atomic mass is 28.4. The van der Waals surface area contributed by atoms with Crippen LogP contribution in [0.25, 0.3) is 0 Å². The molecule has 0 heterocycles. The van der Waals surface area contributed by atoms with Gasteiger partial charge in [-0.3, -0.25) is 0 Å². The van der Waals surface area contributed by atoms with E-state index in [2.05, 4.69) is 39.3 Å². The third kappa shape index (κ3) is 12.7. The van der Waals surface area contributed by atoms with Crippen LogP contribution in [0, 0.1) is 0 Å². The largest absolute Gasteiger partial charge is 0.463 e. The van der Waals surface area contributed by atoms with E-state index in [1.807, 2.05) is 91.0 Å². The van der Waals surface area contributed by atoms with E-state index in [4.69, 9.17) is 18.6 Å². The summed E-state index contributed by atoms with van der Waals surface area (Å²) in [6.45, 7) is 12.7. The van der Waals surface area contributed by atoms with Crippen molar-refractivity contribution >= 4 is 26.5 Å². The molecule has 0 bridgehead atoms. The molecule has 47 heavy (non-hydrogen) atoms. The Morgan fingerprint density at radius 1 is 0.787 bits per heavy atom. The Hall–Kier alpha value is -4.41. The van der Waals surface area contributed by atoms with Gasteiger partial charge in [0.1, 0.15) is 13.2 Å². The van der Waals surface area contributed by atoms with Crippen molar-refractivity contribution < 1.29 is 33.0 Å². The van der Waals surface area contributed by atoms with E-state index in [0.717, 1.165) is 21.7 Å². The molecule has 3 aromatic rings. The van der Waals surface area contributed by atoms with E-state index in [1.54, 1.807) is 6.92 Å². The molecule has 0 saturated carbocycles. The third-order valence-electron chi connectivity index (χ3n) is 7.98. The van der Waals surface area contributed by atoms with Gasteiger partial charge in [0, 0.05) is 6.08 Å². The minimum Gasteiger partial charge on any atom is -0.463 e. The summed E-state index contributed by atoms with van der Waals surface area (Å²) in [6, 6.07) is 27.5. The molecule has 2 atom stereocenters. The van der Waals surface area contributed by atoms with Crippen LogP contribution in [0.3, 0.4) is 0 Å². The van der Waals surface area contributed by atoms with Gasteiger partial charge in [0.2, 0.25) is 0 Å². The Morgan fingerprint density at radius 2 is 1.30 bits per heavy atom. The van der Waals surface area contributed by atoms with Crippen molar-refractivity contribution in [1.29, 1.82) is 0 Å². The summed E-state index contributed by atoms with van der Waals surface area (Å²) in [7, 11) is -2.31. The first-order valence-corrected chi connectivity index (χ1v) is 18.8. The summed E-state index contributed by atoms with van der Waals surface area (Å²) >= 11 is 0. The molecule has 2 amide bonds. The van der Waals surface area contributed by atoms with E-state index < -0.39 is 32.5 Å². The summed E-state index contributed by atoms with van der Waals surface area (Å²) in [5.74, 6) is -0.577. The lowest BCUT2D eigenvalue weighted by Crippen LogP contribution is -2.53. The van der Waals surface area contributed by atoms with Crippen molar-refractivity contribution in [3.63, 3.8) is 0 Å². The quantitative estimate of drug-likeness (QED) is 0.0615. The highest BCUT2D eigenvalue weighted by Crippen LogP contribution is 2.38. The topological polar surface area (TPSA) is 103 Å². The average molecular weight is 661 g/mol. The number of hydrazine groups is 1. The van der Waals surface area contributed by atoms with E-state index >= 15 is 0 Å². The van der Waals surface area contributed by atoms with Crippen LogP contribution < -0.4 is 5.43 Å². The third-order valence-corrected chi connectivity index (χ3v) is 12.5. The van der Waals surface area contributed by atoms with Gasteiger partial charge in [-0.25, -0.2) is 24.8 Å². The van der Waals surface area contributed by atoms with Crippen molar-refractivity contribution in [2.45, 2.75) is 84.0 Å². The van der Waals surface area contributed by atoms with Crippen molar-refractivity contribution in [2.24, 2.45) is 0 Å². The fraction of sp³-hybridized carbons (Fsp3) is 0.378. The van der Waals surface area contributed by atoms with Gasteiger partial charge in [0.25, 0.3) is 0 Å². The minimum absolute atomic E-state index is 0.00593. The molecule has 1 N–H and O–H groups in total. The zero-order valence-electron chi connectivity index (χ0n) is 28.3. The first-order chi connectivity index (χ1) is 22.4. The standard InChI is InChI=1S/C37H48N2O7Si/c1-7-43-34(40)24-23-32(26-33(25-29-17-11-8-12-18-29)46-47(5,6)37(2,3)4)39(36(42)45-28-31-21-15-10-16-22-31)38-35(41)44-27-30-19-13-9-14-20-30/h8-24,32-33H,7,25-28H2,1-6H3,(H,38,41)/b24-23+/t32-,33-/m1/s1. The van der Waals surface area contributed by atoms with Gasteiger partial charge < -0.3 is 18.6 Å². The molecule has 0 unspecified atom stereocenters. The van der Waals surface area contributed by atoms with Crippen LogP contribution in [-0.2, 0) is 43.1 Å². The first-order valence-electron chi connectivity index (χ1n) is 15.9. The molecular weight excluding hydrogens is 613 g/mol. The average Bonchev–Trinajstić information content (AvgIpc) is 3.04. The first kappa shape index (κ1) is 37.0. The van der Waals surface area contributed by atoms with Gasteiger partial charge in [-0.1, -0.05) is 118 Å².